The number of aromatic nitrogens is 2. The summed E-state index contributed by atoms with van der Waals surface area (Å²) in [4.78, 5) is 64.6. The van der Waals surface area contributed by atoms with Gasteiger partial charge in [-0.15, -0.1) is 11.3 Å². The number of aryl methyl sites for hydroxylation is 1. The molecule has 43 heavy (non-hydrogen) atoms. The molecule has 1 aliphatic carbocycles. The molecule has 6 rings (SSSR count). The Morgan fingerprint density at radius 3 is 2.63 bits per heavy atom. The summed E-state index contributed by atoms with van der Waals surface area (Å²) in [6.45, 7) is 0.463. The third kappa shape index (κ3) is 5.49. The fourth-order valence-corrected chi connectivity index (χ4v) is 6.58. The number of allylic oxidation sites excluding steroid dienone is 2. The number of fused-ring (bicyclic) bond motifs is 1. The second-order valence-electron chi connectivity index (χ2n) is 11.0. The second kappa shape index (κ2) is 11.6. The first-order valence-electron chi connectivity index (χ1n) is 14.2. The molecular formula is C29H31N7O6S. The van der Waals surface area contributed by atoms with E-state index in [0.717, 1.165) is 47.6 Å². The predicted molar refractivity (Wildman–Crippen MR) is 153 cm³/mol. The van der Waals surface area contributed by atoms with Crippen LogP contribution in [0, 0.1) is 0 Å². The van der Waals surface area contributed by atoms with Crippen LogP contribution in [0.5, 0.6) is 0 Å². The Morgan fingerprint density at radius 1 is 1.21 bits per heavy atom. The minimum atomic E-state index is -1.52. The highest BCUT2D eigenvalue weighted by Crippen LogP contribution is 2.38. The number of hydrogen-bond acceptors (Lipinski definition) is 10. The van der Waals surface area contributed by atoms with Crippen molar-refractivity contribution < 1.29 is 33.7 Å². The molecule has 3 N–H and O–H groups in total. The van der Waals surface area contributed by atoms with Gasteiger partial charge < -0.3 is 35.6 Å². The maximum absolute atomic E-state index is 13.3. The molecule has 0 bridgehead atoms. The van der Waals surface area contributed by atoms with Crippen LogP contribution in [0.1, 0.15) is 50.6 Å². The van der Waals surface area contributed by atoms with Crippen LogP contribution in [-0.4, -0.2) is 64.0 Å². The molecule has 2 aromatic heterocycles. The van der Waals surface area contributed by atoms with Crippen molar-refractivity contribution >= 4 is 51.6 Å². The number of carboxylic acid groups (broad SMARTS) is 1. The number of carboxylic acids is 1. The van der Waals surface area contributed by atoms with Gasteiger partial charge in [0, 0.05) is 29.6 Å². The Kier molecular flexibility index (Phi) is 7.69. The predicted octanol–water partition coefficient (Wildman–Crippen LogP) is 0.0698. The third-order valence-corrected chi connectivity index (χ3v) is 8.95. The first kappa shape index (κ1) is 28.5. The third-order valence-electron chi connectivity index (χ3n) is 8.27. The molecule has 224 valence electrons. The van der Waals surface area contributed by atoms with E-state index in [1.165, 1.54) is 0 Å². The lowest BCUT2D eigenvalue weighted by atomic mass is 9.82. The SMILES string of the molecule is C[n+]1ccc(N2CCC(=CC3=C(C(=O)[O-])N4C(=O)C(NC(=O)/C(=N\OC5CCCC5)c5csc(N)n5)C4CC3)C2=O)cc1. The number of oxime groups is 1. The van der Waals surface area contributed by atoms with E-state index in [4.69, 9.17) is 10.6 Å². The molecule has 2 atom stereocenters. The van der Waals surface area contributed by atoms with E-state index in [0.29, 0.717) is 30.5 Å². The molecule has 4 aliphatic rings. The molecule has 0 spiro atoms. The number of nitrogens with two attached hydrogens (primary N) is 1. The molecule has 2 unspecified atom stereocenters. The lowest BCUT2D eigenvalue weighted by Gasteiger charge is -2.51. The van der Waals surface area contributed by atoms with Crippen LogP contribution in [0.2, 0.25) is 0 Å². The molecule has 2 saturated heterocycles. The molecule has 14 heteroatoms. The number of amides is 3. The molecule has 3 fully saturated rings. The van der Waals surface area contributed by atoms with Crippen LogP contribution >= 0.6 is 11.3 Å². The number of thiazole rings is 1. The van der Waals surface area contributed by atoms with Gasteiger partial charge in [0.25, 0.3) is 17.7 Å². The van der Waals surface area contributed by atoms with Gasteiger partial charge in [0.2, 0.25) is 0 Å². The first-order chi connectivity index (χ1) is 20.7. The zero-order valence-electron chi connectivity index (χ0n) is 23.5. The molecule has 1 saturated carbocycles. The lowest BCUT2D eigenvalue weighted by Crippen LogP contribution is -2.72. The van der Waals surface area contributed by atoms with Crippen molar-refractivity contribution in [3.8, 4) is 0 Å². The van der Waals surface area contributed by atoms with Crippen molar-refractivity contribution in [2.24, 2.45) is 12.2 Å². The minimum absolute atomic E-state index is 0.0977. The Balaban J connectivity index is 1.19. The molecule has 2 aromatic rings. The normalized spacial score (nSPS) is 23.6. The zero-order valence-corrected chi connectivity index (χ0v) is 24.3. The average molecular weight is 606 g/mol. The summed E-state index contributed by atoms with van der Waals surface area (Å²) in [5, 5.41) is 20.9. The van der Waals surface area contributed by atoms with Crippen LogP contribution in [0.3, 0.4) is 0 Å². The van der Waals surface area contributed by atoms with E-state index < -0.39 is 29.9 Å². The number of nitrogen functional groups attached to an aromatic ring is 1. The van der Waals surface area contributed by atoms with E-state index in [9.17, 15) is 24.3 Å². The van der Waals surface area contributed by atoms with Gasteiger partial charge >= 0.3 is 0 Å². The number of anilines is 2. The molecule has 0 aromatic carbocycles. The van der Waals surface area contributed by atoms with Crippen molar-refractivity contribution in [2.45, 2.75) is 63.1 Å². The van der Waals surface area contributed by atoms with Gasteiger partial charge in [0.05, 0.1) is 23.4 Å². The Morgan fingerprint density at radius 2 is 1.95 bits per heavy atom. The number of β-lactam (4-membered cyclic amide) rings is 1. The molecule has 0 radical (unpaired) electrons. The minimum Gasteiger partial charge on any atom is -0.543 e. The number of pyridine rings is 1. The van der Waals surface area contributed by atoms with Crippen LogP contribution < -0.4 is 25.6 Å². The topological polar surface area (TPSA) is 174 Å². The number of nitrogens with one attached hydrogen (secondary N) is 1. The maximum atomic E-state index is 13.3. The van der Waals surface area contributed by atoms with Gasteiger partial charge in [-0.05, 0) is 56.6 Å². The van der Waals surface area contributed by atoms with Gasteiger partial charge in [-0.3, -0.25) is 14.4 Å². The first-order valence-corrected chi connectivity index (χ1v) is 15.1. The summed E-state index contributed by atoms with van der Waals surface area (Å²) in [5.74, 6) is -2.98. The van der Waals surface area contributed by atoms with Gasteiger partial charge in [0.1, 0.15) is 24.9 Å². The van der Waals surface area contributed by atoms with Crippen LogP contribution in [0.25, 0.3) is 0 Å². The molecule has 5 heterocycles. The van der Waals surface area contributed by atoms with E-state index in [-0.39, 0.29) is 40.7 Å². The highest BCUT2D eigenvalue weighted by atomic mass is 32.1. The largest absolute Gasteiger partial charge is 0.543 e. The summed E-state index contributed by atoms with van der Waals surface area (Å²) in [6, 6.07) is 2.12. The Bertz CT molecular complexity index is 1570. The van der Waals surface area contributed by atoms with Gasteiger partial charge in [-0.1, -0.05) is 5.16 Å². The zero-order chi connectivity index (χ0) is 30.2. The van der Waals surface area contributed by atoms with E-state index in [1.54, 1.807) is 16.4 Å². The fourth-order valence-electron chi connectivity index (χ4n) is 6.03. The summed E-state index contributed by atoms with van der Waals surface area (Å²) < 4.78 is 1.86. The van der Waals surface area contributed by atoms with Crippen molar-refractivity contribution in [3.05, 3.63) is 58.5 Å². The average Bonchev–Trinajstić information content (AvgIpc) is 3.75. The number of rotatable bonds is 8. The summed E-state index contributed by atoms with van der Waals surface area (Å²) in [6.07, 6.45) is 9.97. The summed E-state index contributed by atoms with van der Waals surface area (Å²) >= 11 is 1.15. The summed E-state index contributed by atoms with van der Waals surface area (Å²) in [7, 11) is 1.88. The number of carbonyl (C=O) groups excluding carboxylic acids is 4. The maximum Gasteiger partial charge on any atom is 0.276 e. The Hall–Kier alpha value is -4.59. The van der Waals surface area contributed by atoms with Crippen LogP contribution in [0.15, 0.2) is 58.0 Å². The monoisotopic (exact) mass is 605 g/mol. The van der Waals surface area contributed by atoms with Gasteiger partial charge in [0.15, 0.2) is 23.2 Å². The molecule has 3 aliphatic heterocycles. The van der Waals surface area contributed by atoms with Crippen molar-refractivity contribution in [2.75, 3.05) is 17.2 Å². The highest BCUT2D eigenvalue weighted by molar-refractivity contribution is 7.13. The lowest BCUT2D eigenvalue weighted by molar-refractivity contribution is -0.671. The van der Waals surface area contributed by atoms with Crippen LogP contribution in [0.4, 0.5) is 10.8 Å². The quantitative estimate of drug-likeness (QED) is 0.140. The number of hydrogen-bond donors (Lipinski definition) is 2. The fraction of sp³-hybridized carbons (Fsp3) is 0.414. The van der Waals surface area contributed by atoms with Gasteiger partial charge in [-0.25, -0.2) is 9.55 Å². The van der Waals surface area contributed by atoms with E-state index in [2.05, 4.69) is 15.5 Å². The highest BCUT2D eigenvalue weighted by Gasteiger charge is 2.52. The number of carbonyl (C=O) groups is 4. The van der Waals surface area contributed by atoms with Crippen molar-refractivity contribution in [1.82, 2.24) is 15.2 Å². The summed E-state index contributed by atoms with van der Waals surface area (Å²) in [5.41, 5.74) is 7.19. The van der Waals surface area contributed by atoms with E-state index >= 15 is 0 Å². The van der Waals surface area contributed by atoms with Crippen LogP contribution in [-0.2, 0) is 31.1 Å². The van der Waals surface area contributed by atoms with Crippen molar-refractivity contribution in [3.63, 3.8) is 0 Å². The number of nitrogens with zero attached hydrogens (tertiary/aromatic N) is 5. The molecule has 3 amide bonds. The second-order valence-corrected chi connectivity index (χ2v) is 11.9. The smallest absolute Gasteiger partial charge is 0.276 e. The Labute approximate surface area is 251 Å². The van der Waals surface area contributed by atoms with Crippen molar-refractivity contribution in [1.29, 1.82) is 0 Å². The standard InChI is InChI=1S/C29H31N7O6S/c1-34-11-9-18(10-12-34)35-13-8-17(26(35)38)14-16-6-7-21-23(27(39)36(21)24(16)28(40)41)32-25(37)22(20-15-43-29(30)31-20)33-42-19-4-2-3-5-19/h9-12,14-15,19,21,23H,2-8,13H2,1H3,(H3-,30,31,32,37,40,41)/b17-14?,33-22-. The molecular weight excluding hydrogens is 574 g/mol. The number of aliphatic carboxylic acids is 1. The van der Waals surface area contributed by atoms with E-state index in [1.807, 2.05) is 36.1 Å². The van der Waals surface area contributed by atoms with Gasteiger partial charge in [-0.2, -0.15) is 0 Å². The molecule has 13 nitrogen and oxygen atoms in total.